The molecule has 2 aromatic carbocycles. The van der Waals surface area contributed by atoms with Crippen molar-refractivity contribution in [2.24, 2.45) is 0 Å². The van der Waals surface area contributed by atoms with E-state index in [9.17, 15) is 9.59 Å². The molecule has 0 aliphatic carbocycles. The molecule has 1 amide bonds. The molecule has 0 fully saturated rings. The van der Waals surface area contributed by atoms with Crippen molar-refractivity contribution in [1.29, 1.82) is 0 Å². The lowest BCUT2D eigenvalue weighted by atomic mass is 10.2. The average Bonchev–Trinajstić information content (AvgIpc) is 3.38. The Bertz CT molecular complexity index is 1130. The van der Waals surface area contributed by atoms with Crippen molar-refractivity contribution >= 4 is 28.9 Å². The predicted octanol–water partition coefficient (Wildman–Crippen LogP) is 3.93. The summed E-state index contributed by atoms with van der Waals surface area (Å²) in [5.74, 6) is 1.09. The van der Waals surface area contributed by atoms with Crippen molar-refractivity contribution in [1.82, 2.24) is 0 Å². The zero-order valence-corrected chi connectivity index (χ0v) is 19.1. The Kier molecular flexibility index (Phi) is 6.99. The standard InChI is InChI=1S/C24H23NO7S/c1-28-19-7-5-16(12-21(19)29-2)24(27)32-15-23(26)25(14-18-4-3-11-33-18)17-6-8-20-22(13-17)31-10-9-30-20/h3-8,11-13H,9-10,14-15H2,1-2H3. The molecule has 0 atom stereocenters. The first-order valence-corrected chi connectivity index (χ1v) is 11.1. The van der Waals surface area contributed by atoms with E-state index in [1.807, 2.05) is 17.5 Å². The van der Waals surface area contributed by atoms with Crippen LogP contribution in [0.1, 0.15) is 15.2 Å². The third-order valence-corrected chi connectivity index (χ3v) is 5.84. The Balaban J connectivity index is 1.50. The SMILES string of the molecule is COc1ccc(C(=O)OCC(=O)N(Cc2cccs2)c2ccc3c(c2)OCCO3)cc1OC. The molecule has 0 N–H and O–H groups in total. The minimum absolute atomic E-state index is 0.254. The predicted molar refractivity (Wildman–Crippen MR) is 123 cm³/mol. The second kappa shape index (κ2) is 10.3. The van der Waals surface area contributed by atoms with E-state index in [0.717, 1.165) is 4.88 Å². The summed E-state index contributed by atoms with van der Waals surface area (Å²) < 4.78 is 27.0. The first-order chi connectivity index (χ1) is 16.1. The maximum Gasteiger partial charge on any atom is 0.338 e. The van der Waals surface area contributed by atoms with Gasteiger partial charge in [-0.15, -0.1) is 11.3 Å². The summed E-state index contributed by atoms with van der Waals surface area (Å²) in [6.45, 7) is 0.839. The topological polar surface area (TPSA) is 83.5 Å². The molecule has 0 bridgehead atoms. The number of hydrogen-bond donors (Lipinski definition) is 0. The number of carbonyl (C=O) groups excluding carboxylic acids is 2. The Morgan fingerprint density at radius 3 is 2.48 bits per heavy atom. The number of nitrogens with zero attached hydrogens (tertiary/aromatic N) is 1. The molecular formula is C24H23NO7S. The van der Waals surface area contributed by atoms with E-state index in [1.165, 1.54) is 31.6 Å². The lowest BCUT2D eigenvalue weighted by Gasteiger charge is -2.25. The number of ether oxygens (including phenoxy) is 5. The van der Waals surface area contributed by atoms with Gasteiger partial charge in [-0.25, -0.2) is 4.79 Å². The third-order valence-electron chi connectivity index (χ3n) is 4.98. The molecule has 4 rings (SSSR count). The molecule has 1 aromatic heterocycles. The molecular weight excluding hydrogens is 446 g/mol. The molecule has 0 unspecified atom stereocenters. The quantitative estimate of drug-likeness (QED) is 0.462. The molecule has 9 heteroatoms. The Hall–Kier alpha value is -3.72. The number of methoxy groups -OCH3 is 2. The van der Waals surface area contributed by atoms with Crippen LogP contribution in [0.3, 0.4) is 0 Å². The fourth-order valence-corrected chi connectivity index (χ4v) is 4.03. The maximum atomic E-state index is 13.1. The Morgan fingerprint density at radius 1 is 0.970 bits per heavy atom. The van der Waals surface area contributed by atoms with E-state index >= 15 is 0 Å². The molecule has 0 saturated heterocycles. The van der Waals surface area contributed by atoms with Gasteiger partial charge in [0.2, 0.25) is 0 Å². The van der Waals surface area contributed by atoms with Crippen LogP contribution in [0.5, 0.6) is 23.0 Å². The van der Waals surface area contributed by atoms with Gasteiger partial charge in [-0.2, -0.15) is 0 Å². The number of esters is 1. The molecule has 172 valence electrons. The zero-order chi connectivity index (χ0) is 23.2. The zero-order valence-electron chi connectivity index (χ0n) is 18.2. The highest BCUT2D eigenvalue weighted by molar-refractivity contribution is 7.09. The lowest BCUT2D eigenvalue weighted by Crippen LogP contribution is -2.34. The summed E-state index contributed by atoms with van der Waals surface area (Å²) in [4.78, 5) is 28.2. The van der Waals surface area contributed by atoms with E-state index in [2.05, 4.69) is 0 Å². The van der Waals surface area contributed by atoms with Gasteiger partial charge in [-0.05, 0) is 41.8 Å². The van der Waals surface area contributed by atoms with Crippen molar-refractivity contribution in [3.63, 3.8) is 0 Å². The number of benzene rings is 2. The highest BCUT2D eigenvalue weighted by Gasteiger charge is 2.22. The molecule has 3 aromatic rings. The fraction of sp³-hybridized carbons (Fsp3) is 0.250. The first-order valence-electron chi connectivity index (χ1n) is 10.2. The van der Waals surface area contributed by atoms with Crippen molar-refractivity contribution in [3.8, 4) is 23.0 Å². The molecule has 2 heterocycles. The number of carbonyl (C=O) groups is 2. The lowest BCUT2D eigenvalue weighted by molar-refractivity contribution is -0.121. The van der Waals surface area contributed by atoms with Crippen LogP contribution in [0.25, 0.3) is 0 Å². The monoisotopic (exact) mass is 469 g/mol. The fourth-order valence-electron chi connectivity index (χ4n) is 3.33. The van der Waals surface area contributed by atoms with E-state index in [-0.39, 0.29) is 11.5 Å². The smallest absolute Gasteiger partial charge is 0.338 e. The molecule has 0 spiro atoms. The van der Waals surface area contributed by atoms with Crippen LogP contribution >= 0.6 is 11.3 Å². The van der Waals surface area contributed by atoms with Crippen LogP contribution in [0.15, 0.2) is 53.9 Å². The largest absolute Gasteiger partial charge is 0.493 e. The summed E-state index contributed by atoms with van der Waals surface area (Å²) in [7, 11) is 2.99. The van der Waals surface area contributed by atoms with Gasteiger partial charge in [0.15, 0.2) is 29.6 Å². The first kappa shape index (κ1) is 22.5. The van der Waals surface area contributed by atoms with Crippen molar-refractivity contribution < 1.29 is 33.3 Å². The highest BCUT2D eigenvalue weighted by atomic mass is 32.1. The maximum absolute atomic E-state index is 13.1. The van der Waals surface area contributed by atoms with Gasteiger partial charge in [-0.1, -0.05) is 6.07 Å². The molecule has 0 saturated carbocycles. The molecule has 33 heavy (non-hydrogen) atoms. The van der Waals surface area contributed by atoms with Crippen molar-refractivity contribution in [2.45, 2.75) is 6.54 Å². The van der Waals surface area contributed by atoms with Crippen molar-refractivity contribution in [2.75, 3.05) is 38.9 Å². The third kappa shape index (κ3) is 5.20. The second-order valence-corrected chi connectivity index (χ2v) is 8.07. The number of amides is 1. The van der Waals surface area contributed by atoms with Gasteiger partial charge in [0, 0.05) is 16.6 Å². The van der Waals surface area contributed by atoms with Crippen LogP contribution < -0.4 is 23.8 Å². The van der Waals surface area contributed by atoms with Gasteiger partial charge >= 0.3 is 5.97 Å². The molecule has 8 nitrogen and oxygen atoms in total. The van der Waals surface area contributed by atoms with E-state index in [4.69, 9.17) is 23.7 Å². The Labute approximate surface area is 195 Å². The van der Waals surface area contributed by atoms with Gasteiger partial charge in [0.05, 0.1) is 26.3 Å². The van der Waals surface area contributed by atoms with E-state index in [0.29, 0.717) is 48.4 Å². The van der Waals surface area contributed by atoms with Gasteiger partial charge < -0.3 is 28.6 Å². The summed E-state index contributed by atoms with van der Waals surface area (Å²) in [5, 5.41) is 1.94. The van der Waals surface area contributed by atoms with Crippen molar-refractivity contribution in [3.05, 3.63) is 64.4 Å². The van der Waals surface area contributed by atoms with Crippen LogP contribution in [0, 0.1) is 0 Å². The Morgan fingerprint density at radius 2 is 1.76 bits per heavy atom. The molecule has 1 aliphatic rings. The van der Waals surface area contributed by atoms with E-state index < -0.39 is 12.6 Å². The minimum atomic E-state index is -0.637. The summed E-state index contributed by atoms with van der Waals surface area (Å²) >= 11 is 1.54. The molecule has 0 radical (unpaired) electrons. The van der Waals surface area contributed by atoms with Gasteiger partial charge in [0.25, 0.3) is 5.91 Å². The van der Waals surface area contributed by atoms with E-state index in [1.54, 1.807) is 35.2 Å². The number of fused-ring (bicyclic) bond motifs is 1. The van der Waals surface area contributed by atoms with Gasteiger partial charge in [-0.3, -0.25) is 4.79 Å². The highest BCUT2D eigenvalue weighted by Crippen LogP contribution is 2.35. The van der Waals surface area contributed by atoms with Crippen LogP contribution in [-0.2, 0) is 16.1 Å². The normalized spacial score (nSPS) is 12.1. The van der Waals surface area contributed by atoms with Crippen LogP contribution in [0.4, 0.5) is 5.69 Å². The average molecular weight is 470 g/mol. The second-order valence-electron chi connectivity index (χ2n) is 7.03. The minimum Gasteiger partial charge on any atom is -0.493 e. The molecule has 1 aliphatic heterocycles. The summed E-state index contributed by atoms with van der Waals surface area (Å²) in [6.07, 6.45) is 0. The summed E-state index contributed by atoms with van der Waals surface area (Å²) in [6, 6.07) is 13.9. The van der Waals surface area contributed by atoms with Crippen LogP contribution in [-0.4, -0.2) is 45.9 Å². The number of anilines is 1. The number of thiophene rings is 1. The number of rotatable bonds is 8. The van der Waals surface area contributed by atoms with Crippen LogP contribution in [0.2, 0.25) is 0 Å². The summed E-state index contributed by atoms with van der Waals surface area (Å²) in [5.41, 5.74) is 0.879. The van der Waals surface area contributed by atoms with Gasteiger partial charge in [0.1, 0.15) is 13.2 Å². The number of hydrogen-bond acceptors (Lipinski definition) is 8.